The van der Waals surface area contributed by atoms with E-state index >= 15 is 0 Å². The van der Waals surface area contributed by atoms with E-state index in [1.54, 1.807) is 12.3 Å². The Labute approximate surface area is 133 Å². The lowest BCUT2D eigenvalue weighted by Crippen LogP contribution is -2.36. The third kappa shape index (κ3) is 4.86. The van der Waals surface area contributed by atoms with E-state index in [9.17, 15) is 8.42 Å². The van der Waals surface area contributed by atoms with Crippen molar-refractivity contribution in [1.82, 2.24) is 10.6 Å². The molecule has 0 spiro atoms. The molecule has 2 rings (SSSR count). The average Bonchev–Trinajstić information content (AvgIpc) is 3.12. The number of aliphatic imine (C=N–C) groups is 1. The molecule has 0 saturated carbocycles. The number of nitrogens with one attached hydrogen (secondary N) is 2. The number of primary sulfonamides is 1. The monoisotopic (exact) mass is 342 g/mol. The van der Waals surface area contributed by atoms with Gasteiger partial charge in [-0.25, -0.2) is 18.5 Å². The lowest BCUT2D eigenvalue weighted by Gasteiger charge is -2.09. The number of rotatable bonds is 6. The zero-order chi connectivity index (χ0) is 16.0. The molecule has 0 aliphatic carbocycles. The maximum absolute atomic E-state index is 11.2. The lowest BCUT2D eigenvalue weighted by atomic mass is 10.4. The van der Waals surface area contributed by atoms with Gasteiger partial charge in [-0.3, -0.25) is 0 Å². The van der Waals surface area contributed by atoms with Crippen molar-refractivity contribution in [3.05, 3.63) is 41.2 Å². The zero-order valence-corrected chi connectivity index (χ0v) is 13.7. The number of nitrogens with two attached hydrogens (primary N) is 1. The van der Waals surface area contributed by atoms with Gasteiger partial charge in [0.15, 0.2) is 5.96 Å². The van der Waals surface area contributed by atoms with Crippen LogP contribution in [0.2, 0.25) is 0 Å². The van der Waals surface area contributed by atoms with Crippen LogP contribution in [-0.2, 0) is 23.1 Å². The van der Waals surface area contributed by atoms with Crippen molar-refractivity contribution in [2.75, 3.05) is 6.54 Å². The Kier molecular flexibility index (Phi) is 5.58. The van der Waals surface area contributed by atoms with Crippen molar-refractivity contribution in [3.8, 4) is 0 Å². The fourth-order valence-corrected chi connectivity index (χ4v) is 3.40. The maximum Gasteiger partial charge on any atom is 0.247 e. The van der Waals surface area contributed by atoms with Crippen LogP contribution in [0.1, 0.15) is 17.6 Å². The third-order valence-corrected chi connectivity index (χ3v) is 5.19. The van der Waals surface area contributed by atoms with Crippen molar-refractivity contribution in [2.24, 2.45) is 10.1 Å². The minimum Gasteiger partial charge on any atom is -0.467 e. The Hall–Kier alpha value is -1.84. The van der Waals surface area contributed by atoms with Crippen LogP contribution in [0.15, 0.2) is 44.1 Å². The molecule has 0 aromatic carbocycles. The molecule has 9 heteroatoms. The van der Waals surface area contributed by atoms with Gasteiger partial charge in [-0.2, -0.15) is 0 Å². The summed E-state index contributed by atoms with van der Waals surface area (Å²) in [6.07, 6.45) is 1.60. The quantitative estimate of drug-likeness (QED) is 0.540. The van der Waals surface area contributed by atoms with Gasteiger partial charge in [-0.05, 0) is 31.2 Å². The van der Waals surface area contributed by atoms with E-state index in [1.165, 1.54) is 6.07 Å². The van der Waals surface area contributed by atoms with Gasteiger partial charge in [0, 0.05) is 11.4 Å². The summed E-state index contributed by atoms with van der Waals surface area (Å²) in [5.74, 6) is 1.40. The van der Waals surface area contributed by atoms with Crippen LogP contribution < -0.4 is 15.8 Å². The van der Waals surface area contributed by atoms with Gasteiger partial charge in [0.2, 0.25) is 10.0 Å². The highest BCUT2D eigenvalue weighted by molar-refractivity contribution is 7.91. The van der Waals surface area contributed by atoms with Crippen molar-refractivity contribution < 1.29 is 12.8 Å². The van der Waals surface area contributed by atoms with E-state index in [0.29, 0.717) is 19.0 Å². The Balaban J connectivity index is 1.96. The molecule has 0 radical (unpaired) electrons. The fraction of sp³-hybridized carbons (Fsp3) is 0.308. The number of hydrogen-bond acceptors (Lipinski definition) is 5. The molecule has 0 amide bonds. The summed E-state index contributed by atoms with van der Waals surface area (Å²) >= 11 is 1.14. The molecule has 0 saturated heterocycles. The second-order valence-electron chi connectivity index (χ2n) is 4.39. The average molecular weight is 342 g/mol. The summed E-state index contributed by atoms with van der Waals surface area (Å²) < 4.78 is 27.9. The standard InChI is InChI=1S/C13H18N4O3S2/c1-2-15-13(16-8-10-4-3-7-20-10)17-9-11-5-6-12(21-11)22(14,18)19/h3-7H,2,8-9H2,1H3,(H2,14,18,19)(H2,15,16,17). The minimum absolute atomic E-state index is 0.154. The third-order valence-electron chi connectivity index (χ3n) is 2.66. The van der Waals surface area contributed by atoms with Crippen LogP contribution in [0.3, 0.4) is 0 Å². The first-order chi connectivity index (χ1) is 10.5. The minimum atomic E-state index is -3.64. The lowest BCUT2D eigenvalue weighted by molar-refractivity contribution is 0.512. The van der Waals surface area contributed by atoms with Crippen LogP contribution >= 0.6 is 11.3 Å². The fourth-order valence-electron chi connectivity index (χ4n) is 1.68. The predicted octanol–water partition coefficient (Wildman–Crippen LogP) is 1.24. The van der Waals surface area contributed by atoms with E-state index in [0.717, 1.165) is 28.5 Å². The Morgan fingerprint density at radius 1 is 1.36 bits per heavy atom. The largest absolute Gasteiger partial charge is 0.467 e. The molecule has 7 nitrogen and oxygen atoms in total. The number of furan rings is 1. The van der Waals surface area contributed by atoms with Gasteiger partial charge in [-0.1, -0.05) is 0 Å². The molecule has 0 aliphatic rings. The predicted molar refractivity (Wildman–Crippen MR) is 86.1 cm³/mol. The molecule has 0 unspecified atom stereocenters. The summed E-state index contributed by atoms with van der Waals surface area (Å²) in [4.78, 5) is 5.24. The molecular formula is C13H18N4O3S2. The molecule has 0 bridgehead atoms. The Bertz CT molecular complexity index is 720. The molecule has 0 fully saturated rings. The molecule has 0 aliphatic heterocycles. The van der Waals surface area contributed by atoms with Gasteiger partial charge in [0.1, 0.15) is 16.5 Å². The van der Waals surface area contributed by atoms with Crippen LogP contribution in [-0.4, -0.2) is 20.9 Å². The number of guanidine groups is 1. The summed E-state index contributed by atoms with van der Waals surface area (Å²) in [5, 5.41) is 11.3. The first kappa shape index (κ1) is 16.5. The van der Waals surface area contributed by atoms with Gasteiger partial charge in [0.25, 0.3) is 0 Å². The summed E-state index contributed by atoms with van der Waals surface area (Å²) in [6.45, 7) is 3.57. The zero-order valence-electron chi connectivity index (χ0n) is 12.1. The van der Waals surface area contributed by atoms with E-state index < -0.39 is 10.0 Å². The second kappa shape index (κ2) is 7.43. The van der Waals surface area contributed by atoms with Crippen molar-refractivity contribution in [1.29, 1.82) is 0 Å². The molecule has 2 aromatic heterocycles. The number of nitrogens with zero attached hydrogens (tertiary/aromatic N) is 1. The van der Waals surface area contributed by atoms with Crippen LogP contribution in [0.25, 0.3) is 0 Å². The first-order valence-corrected chi connectivity index (χ1v) is 9.01. The summed E-state index contributed by atoms with van der Waals surface area (Å²) in [7, 11) is -3.64. The highest BCUT2D eigenvalue weighted by atomic mass is 32.2. The first-order valence-electron chi connectivity index (χ1n) is 6.65. The van der Waals surface area contributed by atoms with Gasteiger partial charge >= 0.3 is 0 Å². The van der Waals surface area contributed by atoms with E-state index in [4.69, 9.17) is 9.56 Å². The molecule has 0 atom stereocenters. The SMILES string of the molecule is CCNC(=NCc1ccco1)NCc1ccc(S(N)(=O)=O)s1. The van der Waals surface area contributed by atoms with Crippen molar-refractivity contribution >= 4 is 27.3 Å². The molecule has 4 N–H and O–H groups in total. The normalized spacial score (nSPS) is 12.4. The van der Waals surface area contributed by atoms with Gasteiger partial charge in [0.05, 0.1) is 12.8 Å². The van der Waals surface area contributed by atoms with Crippen LogP contribution in [0.4, 0.5) is 0 Å². The van der Waals surface area contributed by atoms with E-state index in [2.05, 4.69) is 15.6 Å². The number of thiophene rings is 1. The van der Waals surface area contributed by atoms with E-state index in [-0.39, 0.29) is 4.21 Å². The van der Waals surface area contributed by atoms with Crippen LogP contribution in [0, 0.1) is 0 Å². The van der Waals surface area contributed by atoms with Crippen molar-refractivity contribution in [3.63, 3.8) is 0 Å². The van der Waals surface area contributed by atoms with Crippen molar-refractivity contribution in [2.45, 2.75) is 24.2 Å². The summed E-state index contributed by atoms with van der Waals surface area (Å²) in [5.41, 5.74) is 0. The molecule has 120 valence electrons. The maximum atomic E-state index is 11.2. The smallest absolute Gasteiger partial charge is 0.247 e. The number of hydrogen-bond donors (Lipinski definition) is 3. The topological polar surface area (TPSA) is 110 Å². The van der Waals surface area contributed by atoms with Crippen LogP contribution in [0.5, 0.6) is 0 Å². The second-order valence-corrected chi connectivity index (χ2v) is 7.35. The Morgan fingerprint density at radius 3 is 2.77 bits per heavy atom. The molecule has 2 aromatic rings. The summed E-state index contributed by atoms with van der Waals surface area (Å²) in [6, 6.07) is 6.90. The highest BCUT2D eigenvalue weighted by Crippen LogP contribution is 2.19. The Morgan fingerprint density at radius 2 is 2.18 bits per heavy atom. The van der Waals surface area contributed by atoms with Gasteiger partial charge in [-0.15, -0.1) is 11.3 Å². The van der Waals surface area contributed by atoms with Gasteiger partial charge < -0.3 is 15.1 Å². The molecule has 22 heavy (non-hydrogen) atoms. The number of sulfonamides is 1. The molecular weight excluding hydrogens is 324 g/mol. The highest BCUT2D eigenvalue weighted by Gasteiger charge is 2.11. The van der Waals surface area contributed by atoms with E-state index in [1.807, 2.05) is 19.1 Å². The molecule has 2 heterocycles.